The fourth-order valence-corrected chi connectivity index (χ4v) is 3.06. The summed E-state index contributed by atoms with van der Waals surface area (Å²) in [4.78, 5) is 16.6. The number of benzene rings is 1. The fourth-order valence-electron chi connectivity index (χ4n) is 3.06. The van der Waals surface area contributed by atoms with E-state index in [9.17, 15) is 9.90 Å². The smallest absolute Gasteiger partial charge is 0.247 e. The summed E-state index contributed by atoms with van der Waals surface area (Å²) in [6, 6.07) is 11.2. The molecule has 2 aromatic rings. The molecule has 1 aromatic heterocycles. The minimum Gasteiger partial charge on any atom is -0.387 e. The molecule has 3 rings (SSSR count). The third-order valence-electron chi connectivity index (χ3n) is 4.58. The van der Waals surface area contributed by atoms with Crippen LogP contribution < -0.4 is 0 Å². The zero-order valence-electron chi connectivity index (χ0n) is 14.0. The molecule has 6 heteroatoms. The predicted molar refractivity (Wildman–Crippen MR) is 91.4 cm³/mol. The van der Waals surface area contributed by atoms with Gasteiger partial charge in [-0.2, -0.15) is 5.10 Å². The Bertz CT molecular complexity index is 636. The molecular formula is C18H24N4O2. The number of rotatable bonds is 5. The second-order valence-corrected chi connectivity index (χ2v) is 6.21. The van der Waals surface area contributed by atoms with Crippen LogP contribution in [0.1, 0.15) is 24.6 Å². The summed E-state index contributed by atoms with van der Waals surface area (Å²) < 4.78 is 1.69. The van der Waals surface area contributed by atoms with Crippen molar-refractivity contribution < 1.29 is 9.90 Å². The van der Waals surface area contributed by atoms with Crippen LogP contribution in [0.15, 0.2) is 48.8 Å². The molecule has 1 aromatic carbocycles. The molecule has 1 N–H and O–H groups in total. The van der Waals surface area contributed by atoms with Gasteiger partial charge >= 0.3 is 0 Å². The number of amides is 1. The Labute approximate surface area is 142 Å². The zero-order valence-corrected chi connectivity index (χ0v) is 14.0. The second kappa shape index (κ2) is 7.59. The van der Waals surface area contributed by atoms with E-state index in [1.54, 1.807) is 10.9 Å². The molecule has 0 radical (unpaired) electrons. The maximum Gasteiger partial charge on any atom is 0.247 e. The first kappa shape index (κ1) is 16.7. The third-order valence-corrected chi connectivity index (χ3v) is 4.58. The summed E-state index contributed by atoms with van der Waals surface area (Å²) in [5, 5.41) is 14.5. The van der Waals surface area contributed by atoms with Crippen LogP contribution in [0.25, 0.3) is 0 Å². The lowest BCUT2D eigenvalue weighted by atomic mass is 10.1. The van der Waals surface area contributed by atoms with E-state index >= 15 is 0 Å². The minimum atomic E-state index is -0.489. The Hall–Kier alpha value is -2.18. The monoisotopic (exact) mass is 328 g/mol. The summed E-state index contributed by atoms with van der Waals surface area (Å²) in [5.41, 5.74) is 0.934. The van der Waals surface area contributed by atoms with Gasteiger partial charge in [-0.05, 0) is 18.6 Å². The van der Waals surface area contributed by atoms with Crippen molar-refractivity contribution in [2.75, 3.05) is 32.7 Å². The highest BCUT2D eigenvalue weighted by Gasteiger charge is 2.26. The molecule has 2 atom stereocenters. The Morgan fingerprint density at radius 2 is 1.88 bits per heavy atom. The first-order chi connectivity index (χ1) is 11.6. The fraction of sp³-hybridized carbons (Fsp3) is 0.444. The van der Waals surface area contributed by atoms with Gasteiger partial charge in [-0.15, -0.1) is 0 Å². The quantitative estimate of drug-likeness (QED) is 0.899. The number of carbonyl (C=O) groups excluding carboxylic acids is 1. The van der Waals surface area contributed by atoms with E-state index in [4.69, 9.17) is 0 Å². The summed E-state index contributed by atoms with van der Waals surface area (Å²) in [5.74, 6) is 0.0990. The number of β-amino-alcohol motifs (C(OH)–C–C–N with tert-alkyl or cyclic N) is 1. The number of hydrogen-bond donors (Lipinski definition) is 1. The molecule has 0 spiro atoms. The Morgan fingerprint density at radius 1 is 1.17 bits per heavy atom. The molecule has 1 fully saturated rings. The van der Waals surface area contributed by atoms with Crippen LogP contribution in [-0.4, -0.2) is 63.3 Å². The first-order valence-electron chi connectivity index (χ1n) is 8.38. The number of piperazine rings is 1. The van der Waals surface area contributed by atoms with E-state index in [-0.39, 0.29) is 11.9 Å². The van der Waals surface area contributed by atoms with Crippen molar-refractivity contribution in [3.63, 3.8) is 0 Å². The molecule has 1 amide bonds. The number of aromatic nitrogens is 2. The van der Waals surface area contributed by atoms with Gasteiger partial charge in [-0.3, -0.25) is 14.4 Å². The molecule has 6 nitrogen and oxygen atoms in total. The lowest BCUT2D eigenvalue weighted by Gasteiger charge is -2.36. The van der Waals surface area contributed by atoms with Crippen LogP contribution in [-0.2, 0) is 4.79 Å². The molecule has 0 unspecified atom stereocenters. The van der Waals surface area contributed by atoms with Crippen molar-refractivity contribution in [2.24, 2.45) is 0 Å². The number of hydrogen-bond acceptors (Lipinski definition) is 4. The standard InChI is InChI=1S/C18H24N4O2/c1-15(22-9-5-8-19-22)18(24)21-12-10-20(11-13-21)14-17(23)16-6-3-2-4-7-16/h2-9,15,17,23H,10-14H2,1H3/t15-,17+/m0/s1. The van der Waals surface area contributed by atoms with Gasteiger partial charge in [0.15, 0.2) is 0 Å². The minimum absolute atomic E-state index is 0.0990. The van der Waals surface area contributed by atoms with Crippen molar-refractivity contribution in [2.45, 2.75) is 19.1 Å². The lowest BCUT2D eigenvalue weighted by Crippen LogP contribution is -2.51. The van der Waals surface area contributed by atoms with Gasteiger partial charge in [0.2, 0.25) is 5.91 Å². The van der Waals surface area contributed by atoms with Crippen LogP contribution in [0.3, 0.4) is 0 Å². The summed E-state index contributed by atoms with van der Waals surface area (Å²) >= 11 is 0. The van der Waals surface area contributed by atoms with Crippen molar-refractivity contribution in [1.29, 1.82) is 0 Å². The number of aliphatic hydroxyl groups excluding tert-OH is 1. The van der Waals surface area contributed by atoms with Gasteiger partial charge in [0.1, 0.15) is 6.04 Å². The van der Waals surface area contributed by atoms with Gasteiger partial charge in [0, 0.05) is 45.1 Å². The molecule has 0 saturated carbocycles. The van der Waals surface area contributed by atoms with Gasteiger partial charge in [-0.25, -0.2) is 0 Å². The van der Waals surface area contributed by atoms with Crippen LogP contribution in [0.5, 0.6) is 0 Å². The first-order valence-corrected chi connectivity index (χ1v) is 8.38. The van der Waals surface area contributed by atoms with Gasteiger partial charge in [0.25, 0.3) is 0 Å². The van der Waals surface area contributed by atoms with E-state index in [1.807, 2.05) is 54.4 Å². The van der Waals surface area contributed by atoms with E-state index in [0.717, 1.165) is 18.7 Å². The van der Waals surface area contributed by atoms with Gasteiger partial charge in [0.05, 0.1) is 6.10 Å². The number of carbonyl (C=O) groups is 1. The normalized spacial score (nSPS) is 18.3. The Kier molecular flexibility index (Phi) is 5.27. The summed E-state index contributed by atoms with van der Waals surface area (Å²) in [7, 11) is 0. The van der Waals surface area contributed by atoms with Crippen molar-refractivity contribution >= 4 is 5.91 Å². The number of aliphatic hydroxyl groups is 1. The maximum atomic E-state index is 12.5. The van der Waals surface area contributed by atoms with Crippen LogP contribution >= 0.6 is 0 Å². The molecule has 1 aliphatic heterocycles. The van der Waals surface area contributed by atoms with E-state index in [1.165, 1.54) is 0 Å². The molecule has 1 saturated heterocycles. The average molecular weight is 328 g/mol. The largest absolute Gasteiger partial charge is 0.387 e. The average Bonchev–Trinajstić information content (AvgIpc) is 3.16. The van der Waals surface area contributed by atoms with Crippen LogP contribution in [0.2, 0.25) is 0 Å². The molecule has 0 aliphatic carbocycles. The van der Waals surface area contributed by atoms with E-state index < -0.39 is 6.10 Å². The van der Waals surface area contributed by atoms with Crippen LogP contribution in [0, 0.1) is 0 Å². The Balaban J connectivity index is 1.50. The van der Waals surface area contributed by atoms with E-state index in [0.29, 0.717) is 19.6 Å². The maximum absolute atomic E-state index is 12.5. The van der Waals surface area contributed by atoms with Gasteiger partial charge in [-0.1, -0.05) is 30.3 Å². The van der Waals surface area contributed by atoms with Crippen molar-refractivity contribution in [3.8, 4) is 0 Å². The SMILES string of the molecule is C[C@@H](C(=O)N1CCN(C[C@@H](O)c2ccccc2)CC1)n1cccn1. The second-order valence-electron chi connectivity index (χ2n) is 6.21. The molecular weight excluding hydrogens is 304 g/mol. The van der Waals surface area contributed by atoms with E-state index in [2.05, 4.69) is 10.00 Å². The highest BCUT2D eigenvalue weighted by atomic mass is 16.3. The lowest BCUT2D eigenvalue weighted by molar-refractivity contribution is -0.136. The topological polar surface area (TPSA) is 61.6 Å². The van der Waals surface area contributed by atoms with Crippen molar-refractivity contribution in [3.05, 3.63) is 54.4 Å². The third kappa shape index (κ3) is 3.83. The Morgan fingerprint density at radius 3 is 2.50 bits per heavy atom. The number of nitrogens with zero attached hydrogens (tertiary/aromatic N) is 4. The van der Waals surface area contributed by atoms with Crippen molar-refractivity contribution in [1.82, 2.24) is 19.6 Å². The molecule has 0 bridgehead atoms. The highest BCUT2D eigenvalue weighted by Crippen LogP contribution is 2.16. The molecule has 1 aliphatic rings. The predicted octanol–water partition coefficient (Wildman–Crippen LogP) is 1.32. The highest BCUT2D eigenvalue weighted by molar-refractivity contribution is 5.80. The summed E-state index contributed by atoms with van der Waals surface area (Å²) in [6.07, 6.45) is 3.01. The van der Waals surface area contributed by atoms with Gasteiger partial charge < -0.3 is 10.0 Å². The summed E-state index contributed by atoms with van der Waals surface area (Å²) in [6.45, 7) is 5.41. The van der Waals surface area contributed by atoms with Crippen LogP contribution in [0.4, 0.5) is 0 Å². The molecule has 2 heterocycles. The molecule has 24 heavy (non-hydrogen) atoms. The molecule has 128 valence electrons. The zero-order chi connectivity index (χ0) is 16.9.